The van der Waals surface area contributed by atoms with Gasteiger partial charge in [-0.1, -0.05) is 43.0 Å². The molecule has 0 fully saturated rings. The van der Waals surface area contributed by atoms with Gasteiger partial charge in [0.1, 0.15) is 0 Å². The Balaban J connectivity index is 1.57. The molecule has 31 heavy (non-hydrogen) atoms. The van der Waals surface area contributed by atoms with Crippen molar-refractivity contribution in [1.29, 1.82) is 0 Å². The largest absolute Gasteiger partial charge is 0.455 e. The number of nitrogens with zero attached hydrogens (tertiary/aromatic N) is 4. The van der Waals surface area contributed by atoms with E-state index in [0.29, 0.717) is 16.6 Å². The van der Waals surface area contributed by atoms with E-state index in [-0.39, 0.29) is 25.0 Å². The number of hydrogen-bond donors (Lipinski definition) is 1. The Morgan fingerprint density at radius 2 is 1.90 bits per heavy atom. The van der Waals surface area contributed by atoms with Crippen LogP contribution in [-0.4, -0.2) is 44.3 Å². The van der Waals surface area contributed by atoms with E-state index in [1.165, 1.54) is 17.3 Å². The number of benzene rings is 1. The predicted octanol–water partition coefficient (Wildman–Crippen LogP) is 2.99. The summed E-state index contributed by atoms with van der Waals surface area (Å²) in [7, 11) is 0. The first-order valence-corrected chi connectivity index (χ1v) is 11.4. The number of amides is 1. The summed E-state index contributed by atoms with van der Waals surface area (Å²) in [6, 6.07) is 7.91. The molecular formula is C22H27N5O3S. The molecule has 1 amide bonds. The molecule has 2 aromatic heterocycles. The third-order valence-electron chi connectivity index (χ3n) is 5.16. The fourth-order valence-electron chi connectivity index (χ4n) is 3.28. The normalized spacial score (nSPS) is 12.0. The minimum atomic E-state index is -0.493. The SMILES string of the molecule is CCc1ccc(C(C)NC(=O)COC(=O)Cc2c(C)nc3nc(SC)nn3c2C)cc1. The molecule has 1 aromatic carbocycles. The number of carbonyl (C=O) groups excluding carboxylic acids is 2. The maximum Gasteiger partial charge on any atom is 0.310 e. The van der Waals surface area contributed by atoms with Gasteiger partial charge in [-0.25, -0.2) is 9.50 Å². The number of fused-ring (bicyclic) bond motifs is 1. The maximum atomic E-state index is 12.4. The fourth-order valence-corrected chi connectivity index (χ4v) is 3.62. The molecule has 1 unspecified atom stereocenters. The van der Waals surface area contributed by atoms with Crippen LogP contribution in [0, 0.1) is 13.8 Å². The zero-order chi connectivity index (χ0) is 22.5. The minimum Gasteiger partial charge on any atom is -0.455 e. The number of hydrogen-bond acceptors (Lipinski definition) is 7. The van der Waals surface area contributed by atoms with E-state index in [1.54, 1.807) is 4.52 Å². The van der Waals surface area contributed by atoms with E-state index in [0.717, 1.165) is 23.2 Å². The van der Waals surface area contributed by atoms with Gasteiger partial charge in [-0.2, -0.15) is 4.98 Å². The zero-order valence-electron chi connectivity index (χ0n) is 18.4. The quantitative estimate of drug-likeness (QED) is 0.424. The molecule has 3 aromatic rings. The number of nitrogens with one attached hydrogen (secondary N) is 1. The average Bonchev–Trinajstić information content (AvgIpc) is 3.18. The molecule has 9 heteroatoms. The highest BCUT2D eigenvalue weighted by Crippen LogP contribution is 2.18. The van der Waals surface area contributed by atoms with Crippen molar-refractivity contribution in [3.63, 3.8) is 0 Å². The molecule has 0 spiro atoms. The summed E-state index contributed by atoms with van der Waals surface area (Å²) in [5.41, 5.74) is 4.43. The van der Waals surface area contributed by atoms with Crippen molar-refractivity contribution in [2.45, 2.75) is 51.7 Å². The predicted molar refractivity (Wildman–Crippen MR) is 119 cm³/mol. The number of ether oxygens (including phenoxy) is 1. The lowest BCUT2D eigenvalue weighted by atomic mass is 10.1. The van der Waals surface area contributed by atoms with Gasteiger partial charge in [-0.3, -0.25) is 9.59 Å². The lowest BCUT2D eigenvalue weighted by Gasteiger charge is -2.15. The minimum absolute atomic E-state index is 0.0103. The zero-order valence-corrected chi connectivity index (χ0v) is 19.2. The second-order valence-corrected chi connectivity index (χ2v) is 8.07. The van der Waals surface area contributed by atoms with E-state index in [4.69, 9.17) is 4.74 Å². The van der Waals surface area contributed by atoms with Crippen LogP contribution in [0.3, 0.4) is 0 Å². The number of carbonyl (C=O) groups is 2. The summed E-state index contributed by atoms with van der Waals surface area (Å²) in [5.74, 6) is -0.340. The molecule has 0 aliphatic carbocycles. The van der Waals surface area contributed by atoms with Crippen LogP contribution < -0.4 is 5.32 Å². The summed E-state index contributed by atoms with van der Waals surface area (Å²) in [5, 5.41) is 7.85. The number of aromatic nitrogens is 4. The van der Waals surface area contributed by atoms with Crippen molar-refractivity contribution in [2.75, 3.05) is 12.9 Å². The van der Waals surface area contributed by atoms with Crippen LogP contribution in [0.25, 0.3) is 5.78 Å². The van der Waals surface area contributed by atoms with Crippen LogP contribution >= 0.6 is 11.8 Å². The standard InChI is InChI=1S/C22H27N5O3S/c1-6-16-7-9-17(10-8-16)13(2)23-19(28)12-30-20(29)11-18-14(3)24-21-25-22(31-5)26-27(21)15(18)4/h7-10,13H,6,11-12H2,1-5H3,(H,23,28). The molecule has 8 nitrogen and oxygen atoms in total. The lowest BCUT2D eigenvalue weighted by molar-refractivity contribution is -0.148. The van der Waals surface area contributed by atoms with Crippen molar-refractivity contribution in [2.24, 2.45) is 0 Å². The summed E-state index contributed by atoms with van der Waals surface area (Å²) in [6.07, 6.45) is 2.87. The van der Waals surface area contributed by atoms with Crippen LogP contribution in [0.2, 0.25) is 0 Å². The number of esters is 1. The molecule has 0 aliphatic heterocycles. The van der Waals surface area contributed by atoms with Crippen molar-refractivity contribution >= 4 is 29.4 Å². The first-order chi connectivity index (χ1) is 14.8. The molecule has 2 heterocycles. The van der Waals surface area contributed by atoms with E-state index in [9.17, 15) is 9.59 Å². The topological polar surface area (TPSA) is 98.5 Å². The third-order valence-corrected chi connectivity index (χ3v) is 5.70. The highest BCUT2D eigenvalue weighted by atomic mass is 32.2. The fraction of sp³-hybridized carbons (Fsp3) is 0.409. The third kappa shape index (κ3) is 5.41. The van der Waals surface area contributed by atoms with Gasteiger partial charge in [0.15, 0.2) is 6.61 Å². The average molecular weight is 442 g/mol. The van der Waals surface area contributed by atoms with Crippen LogP contribution in [0.5, 0.6) is 0 Å². The Hall–Kier alpha value is -2.94. The van der Waals surface area contributed by atoms with Gasteiger partial charge in [0.25, 0.3) is 11.7 Å². The van der Waals surface area contributed by atoms with Gasteiger partial charge in [0.2, 0.25) is 5.16 Å². The van der Waals surface area contributed by atoms with E-state index in [2.05, 4.69) is 27.3 Å². The number of thioether (sulfide) groups is 1. The summed E-state index contributed by atoms with van der Waals surface area (Å²) in [4.78, 5) is 33.3. The molecule has 1 N–H and O–H groups in total. The molecule has 0 saturated heterocycles. The Bertz CT molecular complexity index is 1090. The molecule has 1 atom stereocenters. The van der Waals surface area contributed by atoms with Gasteiger partial charge >= 0.3 is 5.97 Å². The van der Waals surface area contributed by atoms with Gasteiger partial charge in [-0.05, 0) is 44.6 Å². The van der Waals surface area contributed by atoms with Crippen molar-refractivity contribution in [1.82, 2.24) is 24.9 Å². The summed E-state index contributed by atoms with van der Waals surface area (Å²) >= 11 is 1.43. The highest BCUT2D eigenvalue weighted by Gasteiger charge is 2.18. The van der Waals surface area contributed by atoms with Gasteiger partial charge < -0.3 is 10.1 Å². The van der Waals surface area contributed by atoms with E-state index >= 15 is 0 Å². The molecule has 3 rings (SSSR count). The van der Waals surface area contributed by atoms with Crippen LogP contribution in [0.1, 0.15) is 48.0 Å². The summed E-state index contributed by atoms with van der Waals surface area (Å²) in [6.45, 7) is 7.35. The summed E-state index contributed by atoms with van der Waals surface area (Å²) < 4.78 is 6.83. The molecule has 0 aliphatic rings. The molecule has 164 valence electrons. The molecule has 0 bridgehead atoms. The van der Waals surface area contributed by atoms with Crippen molar-refractivity contribution in [3.8, 4) is 0 Å². The lowest BCUT2D eigenvalue weighted by Crippen LogP contribution is -2.31. The maximum absolute atomic E-state index is 12.4. The Labute approximate surface area is 185 Å². The molecular weight excluding hydrogens is 414 g/mol. The van der Waals surface area contributed by atoms with E-state index < -0.39 is 5.97 Å². The van der Waals surface area contributed by atoms with Crippen molar-refractivity contribution < 1.29 is 14.3 Å². The Kier molecular flexibility index (Phi) is 7.27. The molecule has 0 radical (unpaired) electrons. The van der Waals surface area contributed by atoms with Gasteiger partial charge in [-0.15, -0.1) is 5.10 Å². The second-order valence-electron chi connectivity index (χ2n) is 7.29. The van der Waals surface area contributed by atoms with E-state index in [1.807, 2.05) is 51.3 Å². The van der Waals surface area contributed by atoms with Crippen molar-refractivity contribution in [3.05, 3.63) is 52.3 Å². The monoisotopic (exact) mass is 441 g/mol. The van der Waals surface area contributed by atoms with Crippen LogP contribution in [0.15, 0.2) is 29.4 Å². The number of rotatable bonds is 8. The highest BCUT2D eigenvalue weighted by molar-refractivity contribution is 7.98. The van der Waals surface area contributed by atoms with Crippen LogP contribution in [-0.2, 0) is 27.2 Å². The van der Waals surface area contributed by atoms with Gasteiger partial charge in [0.05, 0.1) is 12.5 Å². The first-order valence-electron chi connectivity index (χ1n) is 10.1. The Morgan fingerprint density at radius 3 is 2.55 bits per heavy atom. The first kappa shape index (κ1) is 22.7. The van der Waals surface area contributed by atoms with Gasteiger partial charge in [0, 0.05) is 17.0 Å². The second kappa shape index (κ2) is 9.91. The smallest absolute Gasteiger partial charge is 0.310 e. The number of aryl methyl sites for hydroxylation is 3. The Morgan fingerprint density at radius 1 is 1.19 bits per heavy atom. The van der Waals surface area contributed by atoms with Crippen LogP contribution in [0.4, 0.5) is 0 Å². The molecule has 0 saturated carbocycles.